The second kappa shape index (κ2) is 5.93. The first kappa shape index (κ1) is 12.4. The van der Waals surface area contributed by atoms with Gasteiger partial charge in [0.15, 0.2) is 9.84 Å². The van der Waals surface area contributed by atoms with Gasteiger partial charge in [0.05, 0.1) is 12.2 Å². The Labute approximate surface area is 78.1 Å². The summed E-state index contributed by atoms with van der Waals surface area (Å²) in [6.07, 6.45) is 0.0200. The number of hydrogen-bond acceptors (Lipinski definition) is 4. The quantitative estimate of drug-likeness (QED) is 0.551. The van der Waals surface area contributed by atoms with E-state index in [1.807, 2.05) is 0 Å². The zero-order valence-electron chi connectivity index (χ0n) is 7.62. The first-order chi connectivity index (χ1) is 5.98. The lowest BCUT2D eigenvalue weighted by Crippen LogP contribution is -2.25. The third-order valence-corrected chi connectivity index (χ3v) is 3.25. The van der Waals surface area contributed by atoms with Gasteiger partial charge in [-0.15, -0.1) is 0 Å². The summed E-state index contributed by atoms with van der Waals surface area (Å²) in [5.74, 6) is -0.678. The van der Waals surface area contributed by atoms with E-state index in [2.05, 4.69) is 5.32 Å². The van der Waals surface area contributed by atoms with Crippen LogP contribution in [0, 0.1) is 0 Å². The number of carboxylic acid groups (broad SMARTS) is 1. The number of nitrogens with one attached hydrogen (secondary N) is 1. The standard InChI is InChI=1S/C7H15NO4S/c1-2-13(11,12)6-5-8-4-3-7(9)10/h8H,2-6H2,1H3,(H,9,10). The molecule has 0 radical (unpaired) electrons. The smallest absolute Gasteiger partial charge is 0.304 e. The zero-order valence-corrected chi connectivity index (χ0v) is 8.43. The molecule has 2 N–H and O–H groups in total. The molecule has 78 valence electrons. The monoisotopic (exact) mass is 209 g/mol. The lowest BCUT2D eigenvalue weighted by atomic mass is 10.4. The summed E-state index contributed by atoms with van der Waals surface area (Å²) >= 11 is 0. The van der Waals surface area contributed by atoms with Crippen molar-refractivity contribution in [1.29, 1.82) is 0 Å². The molecule has 0 spiro atoms. The summed E-state index contributed by atoms with van der Waals surface area (Å²) in [5.41, 5.74) is 0. The first-order valence-electron chi connectivity index (χ1n) is 4.11. The second-order valence-corrected chi connectivity index (χ2v) is 5.10. The zero-order chi connectivity index (χ0) is 10.3. The van der Waals surface area contributed by atoms with Crippen molar-refractivity contribution in [2.75, 3.05) is 24.6 Å². The van der Waals surface area contributed by atoms with Crippen molar-refractivity contribution < 1.29 is 18.3 Å². The molecule has 0 aliphatic carbocycles. The minimum Gasteiger partial charge on any atom is -0.481 e. The average Bonchev–Trinajstić information content (AvgIpc) is 2.03. The van der Waals surface area contributed by atoms with Crippen molar-refractivity contribution in [3.8, 4) is 0 Å². The van der Waals surface area contributed by atoms with Crippen LogP contribution in [0.5, 0.6) is 0 Å². The molecular weight excluding hydrogens is 194 g/mol. The molecule has 0 atom stereocenters. The lowest BCUT2D eigenvalue weighted by Gasteiger charge is -2.02. The SMILES string of the molecule is CCS(=O)(=O)CCNCCC(=O)O. The Morgan fingerprint density at radius 3 is 2.46 bits per heavy atom. The molecule has 5 nitrogen and oxygen atoms in total. The topological polar surface area (TPSA) is 83.5 Å². The summed E-state index contributed by atoms with van der Waals surface area (Å²) in [4.78, 5) is 10.1. The van der Waals surface area contributed by atoms with Crippen LogP contribution in [-0.4, -0.2) is 44.1 Å². The fourth-order valence-electron chi connectivity index (χ4n) is 0.692. The number of rotatable bonds is 7. The molecule has 0 bridgehead atoms. The first-order valence-corrected chi connectivity index (χ1v) is 5.93. The van der Waals surface area contributed by atoms with Gasteiger partial charge >= 0.3 is 5.97 Å². The van der Waals surface area contributed by atoms with E-state index >= 15 is 0 Å². The summed E-state index contributed by atoms with van der Waals surface area (Å²) in [6.45, 7) is 2.23. The van der Waals surface area contributed by atoms with Crippen molar-refractivity contribution >= 4 is 15.8 Å². The maximum absolute atomic E-state index is 10.9. The minimum absolute atomic E-state index is 0.0200. The number of hydrogen-bond donors (Lipinski definition) is 2. The van der Waals surface area contributed by atoms with Gasteiger partial charge < -0.3 is 10.4 Å². The molecule has 0 aliphatic heterocycles. The van der Waals surface area contributed by atoms with Crippen LogP contribution in [-0.2, 0) is 14.6 Å². The third kappa shape index (κ3) is 7.73. The average molecular weight is 209 g/mol. The van der Waals surface area contributed by atoms with E-state index in [1.54, 1.807) is 6.92 Å². The van der Waals surface area contributed by atoms with E-state index < -0.39 is 15.8 Å². The fraction of sp³-hybridized carbons (Fsp3) is 0.857. The highest BCUT2D eigenvalue weighted by atomic mass is 32.2. The van der Waals surface area contributed by atoms with Crippen molar-refractivity contribution in [3.63, 3.8) is 0 Å². The molecule has 0 saturated heterocycles. The van der Waals surface area contributed by atoms with Crippen LogP contribution >= 0.6 is 0 Å². The molecule has 0 aromatic heterocycles. The van der Waals surface area contributed by atoms with E-state index in [-0.39, 0.29) is 17.9 Å². The molecule has 0 aliphatic rings. The summed E-state index contributed by atoms with van der Waals surface area (Å²) in [5, 5.41) is 11.0. The van der Waals surface area contributed by atoms with E-state index in [0.29, 0.717) is 13.1 Å². The largest absolute Gasteiger partial charge is 0.481 e. The van der Waals surface area contributed by atoms with Crippen molar-refractivity contribution in [1.82, 2.24) is 5.32 Å². The van der Waals surface area contributed by atoms with Crippen LogP contribution < -0.4 is 5.32 Å². The normalized spacial score (nSPS) is 11.5. The highest BCUT2D eigenvalue weighted by Gasteiger charge is 2.05. The van der Waals surface area contributed by atoms with Gasteiger partial charge in [-0.2, -0.15) is 0 Å². The molecule has 13 heavy (non-hydrogen) atoms. The van der Waals surface area contributed by atoms with Crippen LogP contribution in [0.2, 0.25) is 0 Å². The summed E-state index contributed by atoms with van der Waals surface area (Å²) < 4.78 is 21.9. The molecule has 0 aromatic carbocycles. The Kier molecular flexibility index (Phi) is 5.65. The van der Waals surface area contributed by atoms with E-state index in [4.69, 9.17) is 5.11 Å². The van der Waals surface area contributed by atoms with Crippen molar-refractivity contribution in [3.05, 3.63) is 0 Å². The molecule has 0 aromatic rings. The van der Waals surface area contributed by atoms with Crippen LogP contribution in [0.15, 0.2) is 0 Å². The summed E-state index contributed by atoms with van der Waals surface area (Å²) in [6, 6.07) is 0. The minimum atomic E-state index is -2.93. The predicted molar refractivity (Wildman–Crippen MR) is 49.5 cm³/mol. The molecule has 0 fully saturated rings. The molecule has 0 rings (SSSR count). The van der Waals surface area contributed by atoms with E-state index in [1.165, 1.54) is 0 Å². The van der Waals surface area contributed by atoms with Gasteiger partial charge in [-0.3, -0.25) is 4.79 Å². The lowest BCUT2D eigenvalue weighted by molar-refractivity contribution is -0.136. The van der Waals surface area contributed by atoms with Gasteiger partial charge in [-0.05, 0) is 0 Å². The molecular formula is C7H15NO4S. The van der Waals surface area contributed by atoms with Crippen LogP contribution in [0.25, 0.3) is 0 Å². The number of aliphatic carboxylic acids is 1. The predicted octanol–water partition coefficient (Wildman–Crippen LogP) is -0.515. The summed E-state index contributed by atoms with van der Waals surface area (Å²) in [7, 11) is -2.93. The number of carbonyl (C=O) groups is 1. The maximum Gasteiger partial charge on any atom is 0.304 e. The molecule has 0 heterocycles. The molecule has 0 unspecified atom stereocenters. The van der Waals surface area contributed by atoms with Crippen LogP contribution in [0.3, 0.4) is 0 Å². The van der Waals surface area contributed by atoms with Crippen LogP contribution in [0.1, 0.15) is 13.3 Å². The van der Waals surface area contributed by atoms with E-state index in [9.17, 15) is 13.2 Å². The molecule has 0 saturated carbocycles. The highest BCUT2D eigenvalue weighted by molar-refractivity contribution is 7.91. The maximum atomic E-state index is 10.9. The van der Waals surface area contributed by atoms with Gasteiger partial charge in [-0.25, -0.2) is 8.42 Å². The van der Waals surface area contributed by atoms with Gasteiger partial charge in [-0.1, -0.05) is 6.92 Å². The Balaban J connectivity index is 3.42. The Morgan fingerprint density at radius 1 is 1.38 bits per heavy atom. The number of carboxylic acids is 1. The highest BCUT2D eigenvalue weighted by Crippen LogP contribution is 1.86. The van der Waals surface area contributed by atoms with Gasteiger partial charge in [0.1, 0.15) is 0 Å². The Hall–Kier alpha value is -0.620. The van der Waals surface area contributed by atoms with Gasteiger partial charge in [0.2, 0.25) is 0 Å². The molecule has 6 heteroatoms. The third-order valence-electron chi connectivity index (χ3n) is 1.55. The fourth-order valence-corrected chi connectivity index (χ4v) is 1.44. The van der Waals surface area contributed by atoms with Crippen LogP contribution in [0.4, 0.5) is 0 Å². The molecule has 0 amide bonds. The Morgan fingerprint density at radius 2 is 2.00 bits per heavy atom. The van der Waals surface area contributed by atoms with E-state index in [0.717, 1.165) is 0 Å². The van der Waals surface area contributed by atoms with Crippen molar-refractivity contribution in [2.24, 2.45) is 0 Å². The van der Waals surface area contributed by atoms with Crippen molar-refractivity contribution in [2.45, 2.75) is 13.3 Å². The second-order valence-electron chi connectivity index (χ2n) is 2.63. The van der Waals surface area contributed by atoms with Gasteiger partial charge in [0, 0.05) is 18.8 Å². The number of sulfone groups is 1. The Bertz CT molecular complexity index is 247. The van der Waals surface area contributed by atoms with Gasteiger partial charge in [0.25, 0.3) is 0 Å².